The highest BCUT2D eigenvalue weighted by Gasteiger charge is 2.24. The van der Waals surface area contributed by atoms with Crippen molar-refractivity contribution in [3.8, 4) is 0 Å². The average molecular weight is 355 g/mol. The van der Waals surface area contributed by atoms with Gasteiger partial charge < -0.3 is 20.0 Å². The Morgan fingerprint density at radius 2 is 2.04 bits per heavy atom. The fourth-order valence-corrected chi connectivity index (χ4v) is 3.61. The third-order valence-electron chi connectivity index (χ3n) is 5.21. The standard InChI is InChI=1S/C21H29N3O2/c1-4-15-8-10-16(11-9-15)19(24(2)3)14-22-21(25)23-18-6-5-7-20-17(18)12-13-26-20/h8-13,18-19H,4-7,14H2,1-3H3,(H2,22,23,25). The number of amides is 2. The van der Waals surface area contributed by atoms with Gasteiger partial charge in [-0.1, -0.05) is 31.2 Å². The fraction of sp³-hybridized carbons (Fsp3) is 0.476. The Hall–Kier alpha value is -2.27. The van der Waals surface area contributed by atoms with Crippen molar-refractivity contribution in [3.05, 3.63) is 59.0 Å². The quantitative estimate of drug-likeness (QED) is 0.828. The van der Waals surface area contributed by atoms with Gasteiger partial charge in [-0.2, -0.15) is 0 Å². The summed E-state index contributed by atoms with van der Waals surface area (Å²) in [5.41, 5.74) is 3.65. The molecule has 0 aliphatic heterocycles. The largest absolute Gasteiger partial charge is 0.469 e. The second-order valence-electron chi connectivity index (χ2n) is 7.17. The van der Waals surface area contributed by atoms with E-state index < -0.39 is 0 Å². The van der Waals surface area contributed by atoms with E-state index in [0.29, 0.717) is 6.54 Å². The van der Waals surface area contributed by atoms with E-state index in [0.717, 1.165) is 37.0 Å². The molecule has 26 heavy (non-hydrogen) atoms. The maximum atomic E-state index is 12.4. The van der Waals surface area contributed by atoms with Gasteiger partial charge in [0, 0.05) is 18.5 Å². The van der Waals surface area contributed by atoms with Crippen LogP contribution < -0.4 is 10.6 Å². The third kappa shape index (κ3) is 4.28. The number of nitrogens with zero attached hydrogens (tertiary/aromatic N) is 1. The van der Waals surface area contributed by atoms with Crippen LogP contribution in [0, 0.1) is 0 Å². The molecule has 5 nitrogen and oxygen atoms in total. The number of nitrogens with one attached hydrogen (secondary N) is 2. The molecule has 1 aromatic carbocycles. The van der Waals surface area contributed by atoms with Crippen LogP contribution in [-0.2, 0) is 12.8 Å². The molecule has 0 bridgehead atoms. The van der Waals surface area contributed by atoms with E-state index in [1.54, 1.807) is 6.26 Å². The molecule has 0 saturated carbocycles. The van der Waals surface area contributed by atoms with Crippen molar-refractivity contribution in [2.45, 2.75) is 44.7 Å². The zero-order valence-electron chi connectivity index (χ0n) is 15.9. The van der Waals surface area contributed by atoms with Gasteiger partial charge in [0.15, 0.2) is 0 Å². The Bertz CT molecular complexity index is 721. The first kappa shape index (κ1) is 18.5. The summed E-state index contributed by atoms with van der Waals surface area (Å²) in [7, 11) is 4.08. The third-order valence-corrected chi connectivity index (χ3v) is 5.21. The maximum Gasteiger partial charge on any atom is 0.315 e. The van der Waals surface area contributed by atoms with Crippen LogP contribution in [0.1, 0.15) is 54.3 Å². The number of carbonyl (C=O) groups excluding carboxylic acids is 1. The highest BCUT2D eigenvalue weighted by molar-refractivity contribution is 5.74. The summed E-state index contributed by atoms with van der Waals surface area (Å²) in [6.45, 7) is 2.72. The number of hydrogen-bond donors (Lipinski definition) is 2. The van der Waals surface area contributed by atoms with E-state index in [-0.39, 0.29) is 18.1 Å². The molecule has 1 aromatic heterocycles. The minimum atomic E-state index is -0.124. The van der Waals surface area contributed by atoms with E-state index in [1.807, 2.05) is 20.2 Å². The van der Waals surface area contributed by atoms with Crippen LogP contribution in [0.5, 0.6) is 0 Å². The molecule has 3 rings (SSSR count). The predicted octanol–water partition coefficient (Wildman–Crippen LogP) is 3.82. The van der Waals surface area contributed by atoms with Crippen LogP contribution in [0.25, 0.3) is 0 Å². The SMILES string of the molecule is CCc1ccc(C(CNC(=O)NC2CCCc3occc32)N(C)C)cc1. The van der Waals surface area contributed by atoms with Crippen LogP contribution in [0.4, 0.5) is 4.79 Å². The molecule has 0 fully saturated rings. The number of hydrogen-bond acceptors (Lipinski definition) is 3. The first-order chi connectivity index (χ1) is 12.6. The number of carbonyl (C=O) groups is 1. The second kappa shape index (κ2) is 8.41. The van der Waals surface area contributed by atoms with Gasteiger partial charge in [0.05, 0.1) is 18.3 Å². The molecule has 0 saturated heterocycles. The first-order valence-electron chi connectivity index (χ1n) is 9.44. The molecule has 5 heteroatoms. The number of likely N-dealkylation sites (N-methyl/N-ethyl adjacent to an activating group) is 1. The molecule has 0 radical (unpaired) electrons. The molecule has 2 amide bonds. The topological polar surface area (TPSA) is 57.5 Å². The van der Waals surface area contributed by atoms with Gasteiger partial charge in [-0.25, -0.2) is 4.79 Å². The molecule has 1 aliphatic rings. The molecular weight excluding hydrogens is 326 g/mol. The van der Waals surface area contributed by atoms with Crippen molar-refractivity contribution in [1.82, 2.24) is 15.5 Å². The van der Waals surface area contributed by atoms with E-state index in [9.17, 15) is 4.79 Å². The van der Waals surface area contributed by atoms with Crippen LogP contribution in [0.3, 0.4) is 0 Å². The van der Waals surface area contributed by atoms with Crippen molar-refractivity contribution in [2.75, 3.05) is 20.6 Å². The lowest BCUT2D eigenvalue weighted by atomic mass is 9.93. The number of furan rings is 1. The molecule has 140 valence electrons. The van der Waals surface area contributed by atoms with Gasteiger partial charge >= 0.3 is 6.03 Å². The molecule has 1 heterocycles. The monoisotopic (exact) mass is 355 g/mol. The summed E-state index contributed by atoms with van der Waals surface area (Å²) in [6.07, 6.45) is 5.69. The van der Waals surface area contributed by atoms with Crippen LogP contribution in [0.2, 0.25) is 0 Å². The van der Waals surface area contributed by atoms with Crippen molar-refractivity contribution in [2.24, 2.45) is 0 Å². The van der Waals surface area contributed by atoms with E-state index >= 15 is 0 Å². The normalized spacial score (nSPS) is 17.6. The summed E-state index contributed by atoms with van der Waals surface area (Å²) < 4.78 is 5.50. The number of aryl methyl sites for hydroxylation is 2. The smallest absolute Gasteiger partial charge is 0.315 e. The highest BCUT2D eigenvalue weighted by atomic mass is 16.3. The van der Waals surface area contributed by atoms with Gasteiger partial charge in [0.2, 0.25) is 0 Å². The van der Waals surface area contributed by atoms with Crippen LogP contribution >= 0.6 is 0 Å². The number of benzene rings is 1. The summed E-state index contributed by atoms with van der Waals surface area (Å²) in [5.74, 6) is 1.00. The average Bonchev–Trinajstić information content (AvgIpc) is 3.12. The summed E-state index contributed by atoms with van der Waals surface area (Å²) in [5, 5.41) is 6.14. The minimum Gasteiger partial charge on any atom is -0.469 e. The number of urea groups is 1. The van der Waals surface area contributed by atoms with Gasteiger partial charge in [-0.05, 0) is 50.6 Å². The van der Waals surface area contributed by atoms with Crippen molar-refractivity contribution >= 4 is 6.03 Å². The van der Waals surface area contributed by atoms with Crippen molar-refractivity contribution < 1.29 is 9.21 Å². The molecule has 2 atom stereocenters. The van der Waals surface area contributed by atoms with Crippen molar-refractivity contribution in [1.29, 1.82) is 0 Å². The van der Waals surface area contributed by atoms with Crippen molar-refractivity contribution in [3.63, 3.8) is 0 Å². The molecule has 2 N–H and O–H groups in total. The Balaban J connectivity index is 1.58. The summed E-state index contributed by atoms with van der Waals surface area (Å²) in [4.78, 5) is 14.6. The van der Waals surface area contributed by atoms with Crippen LogP contribution in [-0.4, -0.2) is 31.6 Å². The summed E-state index contributed by atoms with van der Waals surface area (Å²) in [6, 6.07) is 10.7. The zero-order valence-corrected chi connectivity index (χ0v) is 15.9. The lowest BCUT2D eigenvalue weighted by molar-refractivity contribution is 0.227. The van der Waals surface area contributed by atoms with Gasteiger partial charge in [0.1, 0.15) is 5.76 Å². The Morgan fingerprint density at radius 3 is 2.73 bits per heavy atom. The second-order valence-corrected chi connectivity index (χ2v) is 7.17. The zero-order chi connectivity index (χ0) is 18.5. The van der Waals surface area contributed by atoms with Gasteiger partial charge in [-0.3, -0.25) is 0 Å². The lowest BCUT2D eigenvalue weighted by Crippen LogP contribution is -2.42. The number of rotatable bonds is 6. The van der Waals surface area contributed by atoms with Gasteiger partial charge in [-0.15, -0.1) is 0 Å². The molecule has 2 unspecified atom stereocenters. The maximum absolute atomic E-state index is 12.4. The van der Waals surface area contributed by atoms with Gasteiger partial charge in [0.25, 0.3) is 0 Å². The Labute approximate surface area is 155 Å². The van der Waals surface area contributed by atoms with Crippen LogP contribution in [0.15, 0.2) is 41.0 Å². The lowest BCUT2D eigenvalue weighted by Gasteiger charge is -2.27. The fourth-order valence-electron chi connectivity index (χ4n) is 3.61. The highest BCUT2D eigenvalue weighted by Crippen LogP contribution is 2.30. The Kier molecular flexibility index (Phi) is 5.99. The van der Waals surface area contributed by atoms with E-state index in [2.05, 4.69) is 46.7 Å². The Morgan fingerprint density at radius 1 is 1.27 bits per heavy atom. The molecular formula is C21H29N3O2. The molecule has 2 aromatic rings. The summed E-state index contributed by atoms with van der Waals surface area (Å²) >= 11 is 0. The first-order valence-corrected chi connectivity index (χ1v) is 9.44. The molecule has 1 aliphatic carbocycles. The predicted molar refractivity (Wildman–Crippen MR) is 103 cm³/mol. The van der Waals surface area contributed by atoms with E-state index in [4.69, 9.17) is 4.42 Å². The minimum absolute atomic E-state index is 0.0409. The number of fused-ring (bicyclic) bond motifs is 1. The van der Waals surface area contributed by atoms with E-state index in [1.165, 1.54) is 11.1 Å². The molecule has 0 spiro atoms.